The van der Waals surface area contributed by atoms with Crippen molar-refractivity contribution in [2.45, 2.75) is 32.4 Å². The summed E-state index contributed by atoms with van der Waals surface area (Å²) in [6, 6.07) is 16.2. The van der Waals surface area contributed by atoms with E-state index in [1.54, 1.807) is 6.20 Å². The first-order chi connectivity index (χ1) is 16.4. The van der Waals surface area contributed by atoms with Crippen molar-refractivity contribution < 1.29 is 4.74 Å². The van der Waals surface area contributed by atoms with Crippen molar-refractivity contribution in [2.24, 2.45) is 0 Å². The number of fused-ring (bicyclic) bond motifs is 2. The summed E-state index contributed by atoms with van der Waals surface area (Å²) >= 11 is 0. The molecular weight excluding hydrogens is 412 g/mol. The molecule has 0 aliphatic carbocycles. The maximum absolute atomic E-state index is 6.00. The molecule has 0 radical (unpaired) electrons. The summed E-state index contributed by atoms with van der Waals surface area (Å²) in [4.78, 5) is 9.23. The molecule has 0 N–H and O–H groups in total. The van der Waals surface area contributed by atoms with E-state index < -0.39 is 0 Å². The Bertz CT molecular complexity index is 1390. The van der Waals surface area contributed by atoms with Crippen molar-refractivity contribution in [1.29, 1.82) is 0 Å². The zero-order valence-corrected chi connectivity index (χ0v) is 18.3. The average molecular weight is 437 g/mol. The van der Waals surface area contributed by atoms with E-state index >= 15 is 0 Å². The van der Waals surface area contributed by atoms with Crippen LogP contribution in [0.15, 0.2) is 73.3 Å². The number of aryl methyl sites for hydroxylation is 2. The number of hydrogen-bond donors (Lipinski definition) is 0. The predicted molar refractivity (Wildman–Crippen MR) is 127 cm³/mol. The van der Waals surface area contributed by atoms with E-state index in [2.05, 4.69) is 31.9 Å². The van der Waals surface area contributed by atoms with Gasteiger partial charge in [-0.2, -0.15) is 10.2 Å². The number of rotatable bonds is 7. The fourth-order valence-corrected chi connectivity index (χ4v) is 4.58. The second-order valence-corrected chi connectivity index (χ2v) is 8.22. The van der Waals surface area contributed by atoms with Gasteiger partial charge < -0.3 is 4.74 Å². The van der Waals surface area contributed by atoms with E-state index in [9.17, 15) is 0 Å². The van der Waals surface area contributed by atoms with Crippen LogP contribution in [0.25, 0.3) is 33.4 Å². The molecule has 1 aliphatic rings. The van der Waals surface area contributed by atoms with Gasteiger partial charge in [0.2, 0.25) is 0 Å². The highest BCUT2D eigenvalue weighted by atomic mass is 16.5. The van der Waals surface area contributed by atoms with Crippen molar-refractivity contribution in [1.82, 2.24) is 29.5 Å². The Labute approximate surface area is 191 Å². The molecule has 164 valence electrons. The number of pyridine rings is 2. The van der Waals surface area contributed by atoms with Crippen LogP contribution >= 0.6 is 0 Å². The molecule has 7 nitrogen and oxygen atoms in total. The average Bonchev–Trinajstić information content (AvgIpc) is 3.60. The first kappa shape index (κ1) is 19.7. The Morgan fingerprint density at radius 3 is 2.85 bits per heavy atom. The van der Waals surface area contributed by atoms with E-state index in [-0.39, 0.29) is 0 Å². The lowest BCUT2D eigenvalue weighted by molar-refractivity contribution is 0.299. The molecule has 6 rings (SSSR count). The second kappa shape index (κ2) is 8.50. The summed E-state index contributed by atoms with van der Waals surface area (Å²) in [6.07, 6.45) is 10.5. The minimum Gasteiger partial charge on any atom is -0.493 e. The third-order valence-corrected chi connectivity index (χ3v) is 6.09. The quantitative estimate of drug-likeness (QED) is 0.344. The molecule has 33 heavy (non-hydrogen) atoms. The van der Waals surface area contributed by atoms with E-state index in [0.29, 0.717) is 6.61 Å². The van der Waals surface area contributed by atoms with Gasteiger partial charge in [-0.3, -0.25) is 19.3 Å². The minimum atomic E-state index is 0.631. The van der Waals surface area contributed by atoms with Gasteiger partial charge in [-0.25, -0.2) is 0 Å². The molecule has 0 spiro atoms. The Morgan fingerprint density at radius 2 is 1.97 bits per heavy atom. The first-order valence-corrected chi connectivity index (χ1v) is 11.4. The second-order valence-electron chi connectivity index (χ2n) is 8.22. The highest BCUT2D eigenvalue weighted by Gasteiger charge is 2.25. The lowest BCUT2D eigenvalue weighted by atomic mass is 9.96. The lowest BCUT2D eigenvalue weighted by Crippen LogP contribution is -2.04. The third kappa shape index (κ3) is 3.75. The lowest BCUT2D eigenvalue weighted by Gasteiger charge is -2.11. The van der Waals surface area contributed by atoms with Gasteiger partial charge in [0.15, 0.2) is 0 Å². The molecule has 1 aromatic carbocycles. The summed E-state index contributed by atoms with van der Waals surface area (Å²) < 4.78 is 10.1. The van der Waals surface area contributed by atoms with Gasteiger partial charge in [-0.15, -0.1) is 0 Å². The Hall–Kier alpha value is -4.00. The standard InChI is InChI=1S/C26H24N6O/c1-2-11-27-22(6-1)26-25(24-7-3-16-32(24)30-26)21-10-13-28-23-18-19(8-9-20(21)23)33-17-5-15-31-14-4-12-29-31/h1-2,4,6,8-14,18H,3,5,7,15-17H2. The molecule has 1 aliphatic heterocycles. The van der Waals surface area contributed by atoms with Gasteiger partial charge in [-0.05, 0) is 54.8 Å². The predicted octanol–water partition coefficient (Wildman–Crippen LogP) is 4.77. The van der Waals surface area contributed by atoms with Gasteiger partial charge in [0.05, 0.1) is 17.8 Å². The van der Waals surface area contributed by atoms with E-state index in [4.69, 9.17) is 9.84 Å². The number of aromatic nitrogens is 6. The monoisotopic (exact) mass is 436 g/mol. The van der Waals surface area contributed by atoms with Crippen molar-refractivity contribution in [3.05, 3.63) is 79.0 Å². The Balaban J connectivity index is 1.32. The van der Waals surface area contributed by atoms with E-state index in [1.807, 2.05) is 59.7 Å². The summed E-state index contributed by atoms with van der Waals surface area (Å²) in [5.74, 6) is 0.831. The van der Waals surface area contributed by atoms with Gasteiger partial charge in [-0.1, -0.05) is 6.07 Å². The van der Waals surface area contributed by atoms with Crippen molar-refractivity contribution in [3.8, 4) is 28.3 Å². The molecule has 0 atom stereocenters. The SMILES string of the molecule is c1ccc(-c2nn3c(c2-c2ccnc4cc(OCCCn5cccn5)ccc24)CCC3)nc1. The largest absolute Gasteiger partial charge is 0.493 e. The fraction of sp³-hybridized carbons (Fsp3) is 0.231. The van der Waals surface area contributed by atoms with Crippen LogP contribution in [0.1, 0.15) is 18.5 Å². The topological polar surface area (TPSA) is 70.7 Å². The van der Waals surface area contributed by atoms with Crippen molar-refractivity contribution in [3.63, 3.8) is 0 Å². The summed E-state index contributed by atoms with van der Waals surface area (Å²) in [5, 5.41) is 10.3. The molecular formula is C26H24N6O. The van der Waals surface area contributed by atoms with Crippen LogP contribution in [0.2, 0.25) is 0 Å². The molecule has 0 bridgehead atoms. The van der Waals surface area contributed by atoms with Crippen LogP contribution in [0.3, 0.4) is 0 Å². The normalized spacial score (nSPS) is 12.8. The van der Waals surface area contributed by atoms with Crippen LogP contribution in [0.4, 0.5) is 0 Å². The molecule has 7 heteroatoms. The van der Waals surface area contributed by atoms with Crippen LogP contribution in [-0.4, -0.2) is 36.1 Å². The fourth-order valence-electron chi connectivity index (χ4n) is 4.58. The highest BCUT2D eigenvalue weighted by molar-refractivity contribution is 5.99. The van der Waals surface area contributed by atoms with Crippen molar-refractivity contribution in [2.75, 3.05) is 6.61 Å². The van der Waals surface area contributed by atoms with E-state index in [1.165, 1.54) is 11.3 Å². The van der Waals surface area contributed by atoms with Crippen LogP contribution in [0.5, 0.6) is 5.75 Å². The summed E-state index contributed by atoms with van der Waals surface area (Å²) in [6.45, 7) is 2.42. The first-order valence-electron chi connectivity index (χ1n) is 11.4. The highest BCUT2D eigenvalue weighted by Crippen LogP contribution is 2.40. The van der Waals surface area contributed by atoms with Crippen LogP contribution < -0.4 is 4.74 Å². The molecule has 0 unspecified atom stereocenters. The Morgan fingerprint density at radius 1 is 0.970 bits per heavy atom. The smallest absolute Gasteiger partial charge is 0.121 e. The number of ether oxygens (including phenoxy) is 1. The number of hydrogen-bond acceptors (Lipinski definition) is 5. The van der Waals surface area contributed by atoms with Crippen molar-refractivity contribution >= 4 is 10.9 Å². The van der Waals surface area contributed by atoms with Crippen LogP contribution in [0, 0.1) is 0 Å². The Kier molecular flexibility index (Phi) is 5.07. The number of nitrogens with zero attached hydrogens (tertiary/aromatic N) is 6. The molecule has 4 aromatic heterocycles. The zero-order valence-electron chi connectivity index (χ0n) is 18.3. The maximum atomic E-state index is 6.00. The molecule has 0 saturated carbocycles. The van der Waals surface area contributed by atoms with E-state index in [0.717, 1.165) is 66.0 Å². The third-order valence-electron chi connectivity index (χ3n) is 6.09. The zero-order chi connectivity index (χ0) is 22.0. The van der Waals surface area contributed by atoms with Gasteiger partial charge in [0.1, 0.15) is 11.4 Å². The van der Waals surface area contributed by atoms with Crippen LogP contribution in [-0.2, 0) is 19.5 Å². The van der Waals surface area contributed by atoms with Gasteiger partial charge in [0.25, 0.3) is 0 Å². The maximum Gasteiger partial charge on any atom is 0.121 e. The van der Waals surface area contributed by atoms with Gasteiger partial charge >= 0.3 is 0 Å². The molecule has 0 fully saturated rings. The molecule has 0 amide bonds. The molecule has 5 heterocycles. The number of benzene rings is 1. The molecule has 5 aromatic rings. The minimum absolute atomic E-state index is 0.631. The molecule has 0 saturated heterocycles. The summed E-state index contributed by atoms with van der Waals surface area (Å²) in [5.41, 5.74) is 6.36. The van der Waals surface area contributed by atoms with Gasteiger partial charge in [0, 0.05) is 67.0 Å². The summed E-state index contributed by atoms with van der Waals surface area (Å²) in [7, 11) is 0.